The fraction of sp³-hybridized carbons (Fsp3) is 0.308. The predicted molar refractivity (Wildman–Crippen MR) is 69.2 cm³/mol. The van der Waals surface area contributed by atoms with Gasteiger partial charge in [-0.15, -0.1) is 0 Å². The molecule has 1 amide bonds. The molecule has 0 aliphatic carbocycles. The van der Waals surface area contributed by atoms with Gasteiger partial charge < -0.3 is 15.6 Å². The number of carbonyl (C=O) groups excluding carboxylic acids is 1. The van der Waals surface area contributed by atoms with Gasteiger partial charge in [-0.3, -0.25) is 4.79 Å². The lowest BCUT2D eigenvalue weighted by molar-refractivity contribution is 0.0955. The van der Waals surface area contributed by atoms with Crippen molar-refractivity contribution >= 4 is 16.8 Å². The van der Waals surface area contributed by atoms with Crippen LogP contribution in [0.15, 0.2) is 30.5 Å². The van der Waals surface area contributed by atoms with E-state index in [4.69, 9.17) is 0 Å². The molecule has 17 heavy (non-hydrogen) atoms. The van der Waals surface area contributed by atoms with Crippen LogP contribution in [0, 0.1) is 0 Å². The largest absolute Gasteiger partial charge is 0.361 e. The number of rotatable bonds is 5. The molecule has 3 N–H and O–H groups in total. The van der Waals surface area contributed by atoms with Crippen molar-refractivity contribution in [2.24, 2.45) is 0 Å². The summed E-state index contributed by atoms with van der Waals surface area (Å²) in [6, 6.07) is 7.70. The first kappa shape index (κ1) is 11.7. The van der Waals surface area contributed by atoms with Crippen molar-refractivity contribution in [2.45, 2.75) is 6.42 Å². The second-order valence-electron chi connectivity index (χ2n) is 3.96. The van der Waals surface area contributed by atoms with Crippen molar-refractivity contribution in [3.8, 4) is 0 Å². The Labute approximate surface area is 100 Å². The van der Waals surface area contributed by atoms with Crippen LogP contribution in [-0.2, 0) is 0 Å². The van der Waals surface area contributed by atoms with Gasteiger partial charge in [-0.25, -0.2) is 0 Å². The van der Waals surface area contributed by atoms with E-state index < -0.39 is 0 Å². The Morgan fingerprint density at radius 1 is 1.29 bits per heavy atom. The average Bonchev–Trinajstić information content (AvgIpc) is 2.82. The lowest BCUT2D eigenvalue weighted by atomic mass is 10.1. The molecule has 2 rings (SSSR count). The smallest absolute Gasteiger partial charge is 0.253 e. The van der Waals surface area contributed by atoms with Gasteiger partial charge in [0, 0.05) is 18.1 Å². The molecule has 0 fully saturated rings. The molecule has 0 radical (unpaired) electrons. The Morgan fingerprint density at radius 3 is 3.00 bits per heavy atom. The lowest BCUT2D eigenvalue weighted by Crippen LogP contribution is -2.26. The van der Waals surface area contributed by atoms with Gasteiger partial charge in [0.05, 0.1) is 11.1 Å². The predicted octanol–water partition coefficient (Wildman–Crippen LogP) is 1.51. The van der Waals surface area contributed by atoms with Crippen molar-refractivity contribution in [2.75, 3.05) is 20.1 Å². The Balaban J connectivity index is 2.06. The maximum absolute atomic E-state index is 12.0. The fourth-order valence-electron chi connectivity index (χ4n) is 1.84. The highest BCUT2D eigenvalue weighted by molar-refractivity contribution is 6.05. The number of benzene rings is 1. The van der Waals surface area contributed by atoms with Gasteiger partial charge >= 0.3 is 0 Å². The van der Waals surface area contributed by atoms with Crippen LogP contribution in [0.4, 0.5) is 0 Å². The maximum Gasteiger partial charge on any atom is 0.253 e. The third-order valence-corrected chi connectivity index (χ3v) is 2.72. The van der Waals surface area contributed by atoms with E-state index in [1.54, 1.807) is 0 Å². The molecule has 0 spiro atoms. The molecule has 90 valence electrons. The molecular formula is C13H17N3O. The quantitative estimate of drug-likeness (QED) is 0.683. The zero-order valence-electron chi connectivity index (χ0n) is 9.92. The number of aromatic amines is 1. The van der Waals surface area contributed by atoms with Gasteiger partial charge in [-0.05, 0) is 32.1 Å². The topological polar surface area (TPSA) is 56.9 Å². The van der Waals surface area contributed by atoms with Crippen molar-refractivity contribution in [1.29, 1.82) is 0 Å². The van der Waals surface area contributed by atoms with Crippen molar-refractivity contribution in [1.82, 2.24) is 15.6 Å². The number of carbonyl (C=O) groups is 1. The Bertz CT molecular complexity index is 504. The standard InChI is InChI=1S/C13H17N3O/c1-14-7-3-8-16-13(17)11-5-2-4-10-6-9-15-12(10)11/h2,4-6,9,14-15H,3,7-8H2,1H3,(H,16,17). The Kier molecular flexibility index (Phi) is 3.77. The molecule has 0 atom stereocenters. The highest BCUT2D eigenvalue weighted by atomic mass is 16.1. The molecule has 1 heterocycles. The van der Waals surface area contributed by atoms with Gasteiger partial charge in [0.1, 0.15) is 0 Å². The highest BCUT2D eigenvalue weighted by Crippen LogP contribution is 2.16. The number of nitrogens with one attached hydrogen (secondary N) is 3. The number of hydrogen-bond donors (Lipinski definition) is 3. The zero-order valence-corrected chi connectivity index (χ0v) is 9.92. The van der Waals surface area contributed by atoms with Gasteiger partial charge in [0.2, 0.25) is 0 Å². The first-order chi connectivity index (χ1) is 8.33. The summed E-state index contributed by atoms with van der Waals surface area (Å²) in [7, 11) is 1.90. The summed E-state index contributed by atoms with van der Waals surface area (Å²) >= 11 is 0. The molecule has 2 aromatic rings. The summed E-state index contributed by atoms with van der Waals surface area (Å²) < 4.78 is 0. The SMILES string of the molecule is CNCCCNC(=O)c1cccc2cc[nH]c12. The highest BCUT2D eigenvalue weighted by Gasteiger charge is 2.09. The van der Waals surface area contributed by atoms with E-state index in [1.165, 1.54) is 0 Å². The van der Waals surface area contributed by atoms with E-state index in [1.807, 2.05) is 37.5 Å². The van der Waals surface area contributed by atoms with E-state index in [-0.39, 0.29) is 5.91 Å². The third kappa shape index (κ3) is 2.65. The summed E-state index contributed by atoms with van der Waals surface area (Å²) in [6.07, 6.45) is 2.78. The molecule has 0 bridgehead atoms. The zero-order chi connectivity index (χ0) is 12.1. The Morgan fingerprint density at radius 2 is 2.18 bits per heavy atom. The summed E-state index contributed by atoms with van der Waals surface area (Å²) in [5, 5.41) is 7.03. The van der Waals surface area contributed by atoms with Crippen LogP contribution >= 0.6 is 0 Å². The second kappa shape index (κ2) is 5.50. The fourth-order valence-corrected chi connectivity index (χ4v) is 1.84. The summed E-state index contributed by atoms with van der Waals surface area (Å²) in [5.74, 6) is -0.0193. The lowest BCUT2D eigenvalue weighted by Gasteiger charge is -2.06. The molecule has 4 heteroatoms. The number of H-pyrrole nitrogens is 1. The van der Waals surface area contributed by atoms with Crippen LogP contribution in [0.1, 0.15) is 16.8 Å². The molecule has 1 aromatic carbocycles. The monoisotopic (exact) mass is 231 g/mol. The molecule has 0 unspecified atom stereocenters. The van der Waals surface area contributed by atoms with Crippen molar-refractivity contribution < 1.29 is 4.79 Å². The van der Waals surface area contributed by atoms with Crippen molar-refractivity contribution in [3.63, 3.8) is 0 Å². The molecule has 0 saturated heterocycles. The summed E-state index contributed by atoms with van der Waals surface area (Å²) in [5.41, 5.74) is 1.61. The van der Waals surface area contributed by atoms with Crippen molar-refractivity contribution in [3.05, 3.63) is 36.0 Å². The van der Waals surface area contributed by atoms with Gasteiger partial charge in [-0.2, -0.15) is 0 Å². The third-order valence-electron chi connectivity index (χ3n) is 2.72. The second-order valence-corrected chi connectivity index (χ2v) is 3.96. The molecule has 0 saturated carbocycles. The first-order valence-electron chi connectivity index (χ1n) is 5.82. The average molecular weight is 231 g/mol. The van der Waals surface area contributed by atoms with E-state index >= 15 is 0 Å². The molecular weight excluding hydrogens is 214 g/mol. The molecule has 4 nitrogen and oxygen atoms in total. The maximum atomic E-state index is 12.0. The normalized spacial score (nSPS) is 10.6. The van der Waals surface area contributed by atoms with Crippen LogP contribution in [0.25, 0.3) is 10.9 Å². The molecule has 1 aromatic heterocycles. The number of fused-ring (bicyclic) bond motifs is 1. The van der Waals surface area contributed by atoms with E-state index in [0.717, 1.165) is 23.9 Å². The van der Waals surface area contributed by atoms with E-state index in [0.29, 0.717) is 12.1 Å². The van der Waals surface area contributed by atoms with Crippen LogP contribution < -0.4 is 10.6 Å². The Hall–Kier alpha value is -1.81. The summed E-state index contributed by atoms with van der Waals surface area (Å²) in [6.45, 7) is 1.60. The van der Waals surface area contributed by atoms with Gasteiger partial charge in [0.25, 0.3) is 5.91 Å². The number of amides is 1. The number of para-hydroxylation sites is 1. The van der Waals surface area contributed by atoms with Gasteiger partial charge in [0.15, 0.2) is 0 Å². The van der Waals surface area contributed by atoms with Gasteiger partial charge in [-0.1, -0.05) is 12.1 Å². The first-order valence-corrected chi connectivity index (χ1v) is 5.82. The van der Waals surface area contributed by atoms with Crippen LogP contribution in [0.2, 0.25) is 0 Å². The minimum absolute atomic E-state index is 0.0193. The molecule has 0 aliphatic rings. The van der Waals surface area contributed by atoms with Crippen LogP contribution in [0.3, 0.4) is 0 Å². The molecule has 0 aliphatic heterocycles. The number of hydrogen-bond acceptors (Lipinski definition) is 2. The summed E-state index contributed by atoms with van der Waals surface area (Å²) in [4.78, 5) is 15.1. The van der Waals surface area contributed by atoms with E-state index in [9.17, 15) is 4.79 Å². The van der Waals surface area contributed by atoms with Crippen LogP contribution in [-0.4, -0.2) is 31.0 Å². The minimum atomic E-state index is -0.0193. The van der Waals surface area contributed by atoms with Crippen LogP contribution in [0.5, 0.6) is 0 Å². The number of aromatic nitrogens is 1. The minimum Gasteiger partial charge on any atom is -0.361 e. The van der Waals surface area contributed by atoms with E-state index in [2.05, 4.69) is 15.6 Å².